The number of aromatic nitrogens is 1. The Kier molecular flexibility index (Phi) is 5.75. The third kappa shape index (κ3) is 4.72. The van der Waals surface area contributed by atoms with Crippen molar-refractivity contribution in [3.63, 3.8) is 0 Å². The first-order valence-electron chi connectivity index (χ1n) is 8.93. The predicted molar refractivity (Wildman–Crippen MR) is 120 cm³/mol. The van der Waals surface area contributed by atoms with Gasteiger partial charge < -0.3 is 4.74 Å². The van der Waals surface area contributed by atoms with Crippen LogP contribution in [0.3, 0.4) is 0 Å². The molecule has 0 aliphatic carbocycles. The molecule has 0 atom stereocenters. The number of hydrogen-bond donors (Lipinski definition) is 1. The summed E-state index contributed by atoms with van der Waals surface area (Å²) in [7, 11) is -3.73. The summed E-state index contributed by atoms with van der Waals surface area (Å²) in [6.07, 6.45) is 0. The van der Waals surface area contributed by atoms with Gasteiger partial charge in [0.15, 0.2) is 4.34 Å². The number of sulfonamides is 1. The van der Waals surface area contributed by atoms with Crippen LogP contribution >= 0.6 is 23.1 Å². The number of fused-ring (bicyclic) bond motifs is 1. The first-order chi connectivity index (χ1) is 14.0. The maximum atomic E-state index is 12.9. The molecule has 0 saturated carbocycles. The van der Waals surface area contributed by atoms with E-state index in [1.165, 1.54) is 11.3 Å². The molecule has 4 rings (SSSR count). The highest BCUT2D eigenvalue weighted by Crippen LogP contribution is 2.31. The number of hydrogen-bond acceptors (Lipinski definition) is 6. The Morgan fingerprint density at radius 1 is 1.00 bits per heavy atom. The molecule has 8 heteroatoms. The Balaban J connectivity index is 1.57. The van der Waals surface area contributed by atoms with Crippen LogP contribution in [-0.2, 0) is 10.0 Å². The summed E-state index contributed by atoms with van der Waals surface area (Å²) in [6.45, 7) is 2.06. The second kappa shape index (κ2) is 8.44. The predicted octanol–water partition coefficient (Wildman–Crippen LogP) is 6.00. The maximum absolute atomic E-state index is 12.9. The smallest absolute Gasteiger partial charge is 0.261 e. The van der Waals surface area contributed by atoms with Crippen LogP contribution in [0, 0.1) is 0 Å². The van der Waals surface area contributed by atoms with Gasteiger partial charge in [-0.05, 0) is 48.2 Å². The molecule has 1 heterocycles. The number of rotatable bonds is 7. The summed E-state index contributed by atoms with van der Waals surface area (Å²) in [6, 6.07) is 21.2. The maximum Gasteiger partial charge on any atom is 0.261 e. The first kappa shape index (κ1) is 19.8. The van der Waals surface area contributed by atoms with Crippen molar-refractivity contribution in [3.05, 3.63) is 72.8 Å². The van der Waals surface area contributed by atoms with Gasteiger partial charge >= 0.3 is 0 Å². The molecule has 0 aliphatic rings. The number of thioether (sulfide) groups is 1. The Morgan fingerprint density at radius 2 is 1.79 bits per heavy atom. The van der Waals surface area contributed by atoms with Gasteiger partial charge in [0.05, 0.1) is 20.8 Å². The van der Waals surface area contributed by atoms with E-state index in [1.54, 1.807) is 54.2 Å². The normalized spacial score (nSPS) is 11.5. The number of thiazole rings is 1. The molecular formula is C21H18N2O3S3. The average molecular weight is 443 g/mol. The molecule has 0 aliphatic heterocycles. The van der Waals surface area contributed by atoms with Crippen LogP contribution in [0.15, 0.2) is 82.0 Å². The molecule has 1 aromatic heterocycles. The van der Waals surface area contributed by atoms with Crippen molar-refractivity contribution < 1.29 is 13.2 Å². The lowest BCUT2D eigenvalue weighted by atomic mass is 10.3. The molecule has 148 valence electrons. The van der Waals surface area contributed by atoms with Crippen LogP contribution in [0.5, 0.6) is 11.5 Å². The fourth-order valence-electron chi connectivity index (χ4n) is 2.70. The van der Waals surface area contributed by atoms with Crippen molar-refractivity contribution in [1.29, 1.82) is 0 Å². The average Bonchev–Trinajstić information content (AvgIpc) is 3.11. The number of ether oxygens (including phenoxy) is 1. The van der Waals surface area contributed by atoms with Gasteiger partial charge in [0, 0.05) is 6.07 Å². The molecule has 0 fully saturated rings. The summed E-state index contributed by atoms with van der Waals surface area (Å²) in [5, 5.41) is 0. The standard InChI is InChI=1S/C21H18N2O3S3/c1-2-27-21-22-19-12-11-18(14-20(19)28-21)29(24,25)23-15-7-6-10-17(13-15)26-16-8-4-3-5-9-16/h3-14,23H,2H2,1H3. The van der Waals surface area contributed by atoms with Gasteiger partial charge in [-0.3, -0.25) is 4.72 Å². The SMILES string of the molecule is CCSc1nc2ccc(S(=O)(=O)Nc3cccc(Oc4ccccc4)c3)cc2s1. The van der Waals surface area contributed by atoms with Gasteiger partial charge in [-0.1, -0.05) is 43.0 Å². The van der Waals surface area contributed by atoms with Crippen molar-refractivity contribution in [1.82, 2.24) is 4.98 Å². The Bertz CT molecular complexity index is 1240. The van der Waals surface area contributed by atoms with Crippen LogP contribution in [0.2, 0.25) is 0 Å². The lowest BCUT2D eigenvalue weighted by Gasteiger charge is -2.10. The summed E-state index contributed by atoms with van der Waals surface area (Å²) in [4.78, 5) is 4.72. The van der Waals surface area contributed by atoms with Crippen LogP contribution in [-0.4, -0.2) is 19.2 Å². The number of anilines is 1. The lowest BCUT2D eigenvalue weighted by Crippen LogP contribution is -2.12. The van der Waals surface area contributed by atoms with Gasteiger partial charge in [0.25, 0.3) is 10.0 Å². The number of nitrogens with zero attached hydrogens (tertiary/aromatic N) is 1. The van der Waals surface area contributed by atoms with Gasteiger partial charge in [-0.25, -0.2) is 13.4 Å². The molecule has 29 heavy (non-hydrogen) atoms. The Labute approximate surface area is 177 Å². The van der Waals surface area contributed by atoms with Crippen LogP contribution in [0.25, 0.3) is 10.2 Å². The zero-order valence-corrected chi connectivity index (χ0v) is 18.0. The van der Waals surface area contributed by atoms with Crippen molar-refractivity contribution in [3.8, 4) is 11.5 Å². The van der Waals surface area contributed by atoms with E-state index in [1.807, 2.05) is 30.3 Å². The molecule has 0 unspecified atom stereocenters. The Hall–Kier alpha value is -2.55. The molecule has 0 bridgehead atoms. The summed E-state index contributed by atoms with van der Waals surface area (Å²) in [5.74, 6) is 2.16. The van der Waals surface area contributed by atoms with Gasteiger partial charge in [-0.2, -0.15) is 0 Å². The van der Waals surface area contributed by atoms with Gasteiger partial charge in [0.2, 0.25) is 0 Å². The van der Waals surface area contributed by atoms with E-state index >= 15 is 0 Å². The molecule has 0 saturated heterocycles. The molecule has 3 aromatic carbocycles. The van der Waals surface area contributed by atoms with E-state index in [4.69, 9.17) is 4.74 Å². The molecule has 1 N–H and O–H groups in total. The fraction of sp³-hybridized carbons (Fsp3) is 0.0952. The zero-order chi connectivity index (χ0) is 20.3. The van der Waals surface area contributed by atoms with Crippen LogP contribution in [0.1, 0.15) is 6.92 Å². The van der Waals surface area contributed by atoms with E-state index in [-0.39, 0.29) is 4.90 Å². The monoisotopic (exact) mass is 442 g/mol. The number of para-hydroxylation sites is 1. The van der Waals surface area contributed by atoms with Crippen LogP contribution in [0.4, 0.5) is 5.69 Å². The molecular weight excluding hydrogens is 424 g/mol. The minimum absolute atomic E-state index is 0.205. The quantitative estimate of drug-likeness (QED) is 0.355. The molecule has 4 aromatic rings. The highest BCUT2D eigenvalue weighted by molar-refractivity contribution is 8.01. The molecule has 0 radical (unpaired) electrons. The van der Waals surface area contributed by atoms with Crippen molar-refractivity contribution in [2.75, 3.05) is 10.5 Å². The topological polar surface area (TPSA) is 68.3 Å². The highest BCUT2D eigenvalue weighted by Gasteiger charge is 2.16. The van der Waals surface area contributed by atoms with Gasteiger partial charge in [-0.15, -0.1) is 11.3 Å². The van der Waals surface area contributed by atoms with Crippen molar-refractivity contribution in [2.45, 2.75) is 16.2 Å². The van der Waals surface area contributed by atoms with E-state index in [9.17, 15) is 8.42 Å². The molecule has 5 nitrogen and oxygen atoms in total. The number of benzene rings is 3. The van der Waals surface area contributed by atoms with Crippen molar-refractivity contribution >= 4 is 49.0 Å². The largest absolute Gasteiger partial charge is 0.457 e. The second-order valence-electron chi connectivity index (χ2n) is 6.09. The first-order valence-corrected chi connectivity index (χ1v) is 12.2. The molecule has 0 amide bonds. The van der Waals surface area contributed by atoms with Gasteiger partial charge in [0.1, 0.15) is 11.5 Å². The minimum atomic E-state index is -3.73. The zero-order valence-electron chi connectivity index (χ0n) is 15.5. The number of nitrogens with one attached hydrogen (secondary N) is 1. The van der Waals surface area contributed by atoms with E-state index < -0.39 is 10.0 Å². The molecule has 0 spiro atoms. The highest BCUT2D eigenvalue weighted by atomic mass is 32.2. The third-order valence-electron chi connectivity index (χ3n) is 3.98. The van der Waals surface area contributed by atoms with E-state index in [0.717, 1.165) is 20.3 Å². The fourth-order valence-corrected chi connectivity index (χ4v) is 5.85. The summed E-state index contributed by atoms with van der Waals surface area (Å²) < 4.78 is 35.9. The lowest BCUT2D eigenvalue weighted by molar-refractivity contribution is 0.483. The summed E-state index contributed by atoms with van der Waals surface area (Å²) in [5.41, 5.74) is 1.24. The third-order valence-corrected chi connectivity index (χ3v) is 7.41. The minimum Gasteiger partial charge on any atom is -0.457 e. The Morgan fingerprint density at radius 3 is 2.59 bits per heavy atom. The van der Waals surface area contributed by atoms with Crippen molar-refractivity contribution in [2.24, 2.45) is 0 Å². The van der Waals surface area contributed by atoms with E-state index in [0.29, 0.717) is 17.2 Å². The second-order valence-corrected chi connectivity index (χ2v) is 10.3. The van der Waals surface area contributed by atoms with E-state index in [2.05, 4.69) is 16.6 Å². The van der Waals surface area contributed by atoms with Crippen LogP contribution < -0.4 is 9.46 Å². The summed E-state index contributed by atoms with van der Waals surface area (Å²) >= 11 is 3.15.